The van der Waals surface area contributed by atoms with Crippen molar-refractivity contribution >= 4 is 0 Å². The molecule has 0 radical (unpaired) electrons. The van der Waals surface area contributed by atoms with Gasteiger partial charge in [0.05, 0.1) is 6.54 Å². The Morgan fingerprint density at radius 3 is 3.00 bits per heavy atom. The van der Waals surface area contributed by atoms with Gasteiger partial charge in [0, 0.05) is 18.0 Å². The van der Waals surface area contributed by atoms with E-state index in [0.717, 1.165) is 12.1 Å². The van der Waals surface area contributed by atoms with E-state index >= 15 is 0 Å². The number of rotatable bonds is 5. The molecule has 0 spiro atoms. The van der Waals surface area contributed by atoms with E-state index in [0.29, 0.717) is 24.2 Å². The Kier molecular flexibility index (Phi) is 3.82. The van der Waals surface area contributed by atoms with E-state index in [1.54, 1.807) is 12.4 Å². The lowest BCUT2D eigenvalue weighted by atomic mass is 10.2. The van der Waals surface area contributed by atoms with Gasteiger partial charge in [0.1, 0.15) is 0 Å². The minimum absolute atomic E-state index is 0.583. The normalized spacial score (nSPS) is 11.0. The fraction of sp³-hybridized carbons (Fsp3) is 0.417. The first-order valence-electron chi connectivity index (χ1n) is 5.69. The molecule has 0 bridgehead atoms. The van der Waals surface area contributed by atoms with E-state index in [1.165, 1.54) is 0 Å². The van der Waals surface area contributed by atoms with Crippen molar-refractivity contribution in [1.82, 2.24) is 20.4 Å². The molecular weight excluding hydrogens is 216 g/mol. The van der Waals surface area contributed by atoms with Crippen molar-refractivity contribution in [3.8, 4) is 11.4 Å². The maximum absolute atomic E-state index is 5.15. The van der Waals surface area contributed by atoms with Crippen molar-refractivity contribution in [2.75, 3.05) is 6.54 Å². The molecule has 0 unspecified atom stereocenters. The van der Waals surface area contributed by atoms with Crippen molar-refractivity contribution in [2.24, 2.45) is 5.92 Å². The highest BCUT2D eigenvalue weighted by Crippen LogP contribution is 2.13. The topological polar surface area (TPSA) is 63.8 Å². The number of nitrogens with zero attached hydrogens (tertiary/aromatic N) is 3. The van der Waals surface area contributed by atoms with Crippen molar-refractivity contribution in [1.29, 1.82) is 0 Å². The van der Waals surface area contributed by atoms with E-state index < -0.39 is 0 Å². The van der Waals surface area contributed by atoms with E-state index in [1.807, 2.05) is 12.1 Å². The first-order chi connectivity index (χ1) is 8.25. The summed E-state index contributed by atoms with van der Waals surface area (Å²) in [5, 5.41) is 7.17. The minimum Gasteiger partial charge on any atom is -0.338 e. The van der Waals surface area contributed by atoms with Crippen LogP contribution < -0.4 is 5.32 Å². The summed E-state index contributed by atoms with van der Waals surface area (Å²) in [5.41, 5.74) is 0.867. The lowest BCUT2D eigenvalue weighted by molar-refractivity contribution is 0.364. The molecule has 90 valence electrons. The Balaban J connectivity index is 1.97. The highest BCUT2D eigenvalue weighted by Gasteiger charge is 2.07. The molecule has 2 rings (SSSR count). The van der Waals surface area contributed by atoms with E-state index in [-0.39, 0.29) is 0 Å². The summed E-state index contributed by atoms with van der Waals surface area (Å²) in [7, 11) is 0. The Labute approximate surface area is 100 Å². The highest BCUT2D eigenvalue weighted by molar-refractivity contribution is 5.51. The molecule has 0 aromatic carbocycles. The molecule has 2 heterocycles. The third-order valence-corrected chi connectivity index (χ3v) is 2.22. The average molecular weight is 232 g/mol. The minimum atomic E-state index is 0.583. The summed E-state index contributed by atoms with van der Waals surface area (Å²) >= 11 is 0. The van der Waals surface area contributed by atoms with Gasteiger partial charge in [-0.1, -0.05) is 19.0 Å². The quantitative estimate of drug-likeness (QED) is 0.852. The zero-order valence-electron chi connectivity index (χ0n) is 10.1. The van der Waals surface area contributed by atoms with Gasteiger partial charge in [-0.25, -0.2) is 0 Å². The Hall–Kier alpha value is -1.75. The van der Waals surface area contributed by atoms with Crippen molar-refractivity contribution in [3.05, 3.63) is 30.4 Å². The van der Waals surface area contributed by atoms with E-state index in [2.05, 4.69) is 34.3 Å². The molecule has 2 aromatic rings. The molecule has 0 saturated carbocycles. The van der Waals surface area contributed by atoms with Crippen LogP contribution in [0.15, 0.2) is 29.0 Å². The van der Waals surface area contributed by atoms with Gasteiger partial charge in [0.2, 0.25) is 11.7 Å². The first kappa shape index (κ1) is 11.7. The van der Waals surface area contributed by atoms with Crippen LogP contribution in [-0.2, 0) is 6.54 Å². The molecule has 0 aliphatic carbocycles. The van der Waals surface area contributed by atoms with Gasteiger partial charge in [-0.15, -0.1) is 0 Å². The highest BCUT2D eigenvalue weighted by atomic mass is 16.5. The SMILES string of the molecule is CC(C)CNCc1nc(-c2cccnc2)no1. The van der Waals surface area contributed by atoms with Gasteiger partial charge in [-0.3, -0.25) is 4.98 Å². The Morgan fingerprint density at radius 1 is 1.41 bits per heavy atom. The number of aromatic nitrogens is 3. The molecule has 5 nitrogen and oxygen atoms in total. The molecule has 0 fully saturated rings. The van der Waals surface area contributed by atoms with E-state index in [4.69, 9.17) is 4.52 Å². The van der Waals surface area contributed by atoms with Crippen molar-refractivity contribution in [3.63, 3.8) is 0 Å². The lowest BCUT2D eigenvalue weighted by Gasteiger charge is -2.03. The predicted molar refractivity (Wildman–Crippen MR) is 64.1 cm³/mol. The molecule has 0 aliphatic heterocycles. The average Bonchev–Trinajstić information content (AvgIpc) is 2.78. The number of hydrogen-bond donors (Lipinski definition) is 1. The van der Waals surface area contributed by atoms with E-state index in [9.17, 15) is 0 Å². The van der Waals surface area contributed by atoms with Crippen molar-refractivity contribution in [2.45, 2.75) is 20.4 Å². The summed E-state index contributed by atoms with van der Waals surface area (Å²) in [6.45, 7) is 5.85. The molecular formula is C12H16N4O. The molecule has 5 heteroatoms. The molecule has 0 saturated heterocycles. The molecule has 0 aliphatic rings. The number of hydrogen-bond acceptors (Lipinski definition) is 5. The fourth-order valence-corrected chi connectivity index (χ4v) is 1.41. The van der Waals surface area contributed by atoms with Crippen LogP contribution in [0.5, 0.6) is 0 Å². The van der Waals surface area contributed by atoms with Gasteiger partial charge in [0.15, 0.2) is 0 Å². The second-order valence-corrected chi connectivity index (χ2v) is 4.28. The van der Waals surface area contributed by atoms with Crippen molar-refractivity contribution < 1.29 is 4.52 Å². The zero-order valence-corrected chi connectivity index (χ0v) is 10.1. The second kappa shape index (κ2) is 5.54. The standard InChI is InChI=1S/C12H16N4O/c1-9(2)6-14-8-11-15-12(16-17-11)10-4-3-5-13-7-10/h3-5,7,9,14H,6,8H2,1-2H3. The van der Waals surface area contributed by atoms with Crippen LogP contribution in [0.1, 0.15) is 19.7 Å². The van der Waals surface area contributed by atoms with Crippen LogP contribution >= 0.6 is 0 Å². The third-order valence-electron chi connectivity index (χ3n) is 2.22. The summed E-state index contributed by atoms with van der Waals surface area (Å²) in [4.78, 5) is 8.32. The molecule has 1 N–H and O–H groups in total. The largest absolute Gasteiger partial charge is 0.338 e. The van der Waals surface area contributed by atoms with Crippen LogP contribution in [0.4, 0.5) is 0 Å². The summed E-state index contributed by atoms with van der Waals surface area (Å²) < 4.78 is 5.15. The maximum atomic E-state index is 5.15. The monoisotopic (exact) mass is 232 g/mol. The molecule has 2 aromatic heterocycles. The summed E-state index contributed by atoms with van der Waals surface area (Å²) in [5.74, 6) is 1.79. The smallest absolute Gasteiger partial charge is 0.240 e. The number of nitrogens with one attached hydrogen (secondary N) is 1. The third kappa shape index (κ3) is 3.35. The molecule has 17 heavy (non-hydrogen) atoms. The molecule has 0 atom stereocenters. The van der Waals surface area contributed by atoms with Crippen LogP contribution in [0.3, 0.4) is 0 Å². The van der Waals surface area contributed by atoms with Gasteiger partial charge < -0.3 is 9.84 Å². The van der Waals surface area contributed by atoms with Crippen LogP contribution in [0.25, 0.3) is 11.4 Å². The molecule has 0 amide bonds. The first-order valence-corrected chi connectivity index (χ1v) is 5.69. The maximum Gasteiger partial charge on any atom is 0.240 e. The van der Waals surface area contributed by atoms with Crippen LogP contribution in [-0.4, -0.2) is 21.7 Å². The Morgan fingerprint density at radius 2 is 2.29 bits per heavy atom. The predicted octanol–water partition coefficient (Wildman–Crippen LogP) is 1.88. The fourth-order valence-electron chi connectivity index (χ4n) is 1.41. The zero-order chi connectivity index (χ0) is 12.1. The van der Waals surface area contributed by atoms with Gasteiger partial charge in [-0.2, -0.15) is 4.98 Å². The van der Waals surface area contributed by atoms with Gasteiger partial charge in [0.25, 0.3) is 0 Å². The number of pyridine rings is 1. The van der Waals surface area contributed by atoms with Crippen LogP contribution in [0.2, 0.25) is 0 Å². The Bertz CT molecular complexity index is 453. The summed E-state index contributed by atoms with van der Waals surface area (Å²) in [6, 6.07) is 3.76. The lowest BCUT2D eigenvalue weighted by Crippen LogP contribution is -2.19. The van der Waals surface area contributed by atoms with Gasteiger partial charge >= 0.3 is 0 Å². The van der Waals surface area contributed by atoms with Gasteiger partial charge in [-0.05, 0) is 24.6 Å². The van der Waals surface area contributed by atoms with Crippen LogP contribution in [0, 0.1) is 5.92 Å². The second-order valence-electron chi connectivity index (χ2n) is 4.28. The summed E-state index contributed by atoms with van der Waals surface area (Å²) in [6.07, 6.45) is 3.44.